The molecule has 2 rings (SSSR count). The van der Waals surface area contributed by atoms with Gasteiger partial charge in [-0.1, -0.05) is 12.1 Å². The van der Waals surface area contributed by atoms with Gasteiger partial charge in [-0.3, -0.25) is 4.98 Å². The fourth-order valence-corrected chi connectivity index (χ4v) is 2.42. The van der Waals surface area contributed by atoms with Crippen molar-refractivity contribution in [3.63, 3.8) is 0 Å². The van der Waals surface area contributed by atoms with Crippen molar-refractivity contribution in [3.8, 4) is 5.75 Å². The first-order chi connectivity index (χ1) is 9.10. The summed E-state index contributed by atoms with van der Waals surface area (Å²) in [5, 5.41) is 0. The van der Waals surface area contributed by atoms with E-state index >= 15 is 0 Å². The number of pyridine rings is 1. The van der Waals surface area contributed by atoms with E-state index in [1.165, 1.54) is 0 Å². The van der Waals surface area contributed by atoms with Crippen molar-refractivity contribution in [2.75, 3.05) is 7.11 Å². The van der Waals surface area contributed by atoms with Gasteiger partial charge in [0.1, 0.15) is 5.75 Å². The Hall–Kier alpha value is -1.39. The zero-order valence-corrected chi connectivity index (χ0v) is 12.6. The summed E-state index contributed by atoms with van der Waals surface area (Å²) >= 11 is 3.42. The van der Waals surface area contributed by atoms with Crippen molar-refractivity contribution >= 4 is 15.9 Å². The molecule has 0 radical (unpaired) electrons. The van der Waals surface area contributed by atoms with Gasteiger partial charge in [0.2, 0.25) is 0 Å². The summed E-state index contributed by atoms with van der Waals surface area (Å²) in [4.78, 5) is 4.15. The van der Waals surface area contributed by atoms with Crippen molar-refractivity contribution in [3.05, 3.63) is 57.8 Å². The molecule has 0 amide bonds. The first-order valence-electron chi connectivity index (χ1n) is 6.09. The Balaban J connectivity index is 2.18. The topological polar surface area (TPSA) is 48.1 Å². The number of hydrogen-bond acceptors (Lipinski definition) is 3. The van der Waals surface area contributed by atoms with Gasteiger partial charge in [0, 0.05) is 22.9 Å². The Kier molecular flexibility index (Phi) is 4.56. The molecule has 1 aromatic carbocycles. The van der Waals surface area contributed by atoms with Crippen LogP contribution in [0, 0.1) is 6.92 Å². The predicted octanol–water partition coefficient (Wildman–Crippen LogP) is 3.40. The van der Waals surface area contributed by atoms with E-state index in [4.69, 9.17) is 10.5 Å². The van der Waals surface area contributed by atoms with Crippen LogP contribution < -0.4 is 10.5 Å². The predicted molar refractivity (Wildman–Crippen MR) is 80.3 cm³/mol. The monoisotopic (exact) mass is 320 g/mol. The highest BCUT2D eigenvalue weighted by molar-refractivity contribution is 9.10. The fraction of sp³-hybridized carbons (Fsp3) is 0.267. The van der Waals surface area contributed by atoms with Crippen molar-refractivity contribution < 1.29 is 4.74 Å². The zero-order chi connectivity index (χ0) is 13.8. The van der Waals surface area contributed by atoms with Gasteiger partial charge in [-0.2, -0.15) is 0 Å². The number of methoxy groups -OCH3 is 1. The van der Waals surface area contributed by atoms with Crippen LogP contribution in [0.3, 0.4) is 0 Å². The Morgan fingerprint density at radius 2 is 2.11 bits per heavy atom. The molecule has 3 nitrogen and oxygen atoms in total. The maximum Gasteiger partial charge on any atom is 0.122 e. The second-order valence-electron chi connectivity index (χ2n) is 4.55. The van der Waals surface area contributed by atoms with E-state index in [0.717, 1.165) is 33.3 Å². The maximum absolute atomic E-state index is 6.25. The number of nitrogens with two attached hydrogens (primary N) is 1. The van der Waals surface area contributed by atoms with Gasteiger partial charge < -0.3 is 10.5 Å². The maximum atomic E-state index is 6.25. The summed E-state index contributed by atoms with van der Waals surface area (Å²) < 4.78 is 6.30. The molecular weight excluding hydrogens is 304 g/mol. The van der Waals surface area contributed by atoms with Gasteiger partial charge in [-0.15, -0.1) is 0 Å². The SMILES string of the molecule is COc1cc(C(N)Cc2cncc(Br)c2)ccc1C. The Morgan fingerprint density at radius 3 is 2.79 bits per heavy atom. The average molecular weight is 321 g/mol. The minimum atomic E-state index is -0.0643. The summed E-state index contributed by atoms with van der Waals surface area (Å²) in [5.41, 5.74) is 9.55. The van der Waals surface area contributed by atoms with E-state index in [9.17, 15) is 0 Å². The van der Waals surface area contributed by atoms with Crippen molar-refractivity contribution in [2.45, 2.75) is 19.4 Å². The quantitative estimate of drug-likeness (QED) is 0.939. The highest BCUT2D eigenvalue weighted by Crippen LogP contribution is 2.24. The standard InChI is InChI=1S/C15H17BrN2O/c1-10-3-4-12(7-15(10)19-2)14(17)6-11-5-13(16)9-18-8-11/h3-5,7-9,14H,6,17H2,1-2H3. The van der Waals surface area contributed by atoms with E-state index in [0.29, 0.717) is 0 Å². The molecule has 1 atom stereocenters. The van der Waals surface area contributed by atoms with Crippen LogP contribution in [0.1, 0.15) is 22.7 Å². The van der Waals surface area contributed by atoms with Crippen LogP contribution in [0.4, 0.5) is 0 Å². The first kappa shape index (κ1) is 14.0. The van der Waals surface area contributed by atoms with Gasteiger partial charge in [0.15, 0.2) is 0 Å². The molecule has 1 aromatic heterocycles. The third-order valence-electron chi connectivity index (χ3n) is 3.08. The average Bonchev–Trinajstić information content (AvgIpc) is 2.39. The van der Waals surface area contributed by atoms with E-state index in [1.807, 2.05) is 37.4 Å². The van der Waals surface area contributed by atoms with E-state index in [-0.39, 0.29) is 6.04 Å². The highest BCUT2D eigenvalue weighted by Gasteiger charge is 2.10. The van der Waals surface area contributed by atoms with Gasteiger partial charge in [0.05, 0.1) is 7.11 Å². The highest BCUT2D eigenvalue weighted by atomic mass is 79.9. The zero-order valence-electron chi connectivity index (χ0n) is 11.1. The van der Waals surface area contributed by atoms with Crippen molar-refractivity contribution in [2.24, 2.45) is 5.73 Å². The lowest BCUT2D eigenvalue weighted by atomic mass is 9.99. The van der Waals surface area contributed by atoms with Crippen LogP contribution in [-0.4, -0.2) is 12.1 Å². The summed E-state index contributed by atoms with van der Waals surface area (Å²) in [6.07, 6.45) is 4.36. The molecule has 0 saturated heterocycles. The van der Waals surface area contributed by atoms with Crippen LogP contribution in [0.5, 0.6) is 5.75 Å². The number of rotatable bonds is 4. The minimum absolute atomic E-state index is 0.0643. The number of aryl methyl sites for hydroxylation is 1. The lowest BCUT2D eigenvalue weighted by molar-refractivity contribution is 0.410. The molecule has 0 aliphatic rings. The second-order valence-corrected chi connectivity index (χ2v) is 5.47. The number of hydrogen-bond donors (Lipinski definition) is 1. The smallest absolute Gasteiger partial charge is 0.122 e. The lowest BCUT2D eigenvalue weighted by Gasteiger charge is -2.14. The molecular formula is C15H17BrN2O. The van der Waals surface area contributed by atoms with E-state index in [2.05, 4.69) is 20.9 Å². The number of ether oxygens (including phenoxy) is 1. The fourth-order valence-electron chi connectivity index (χ4n) is 2.01. The van der Waals surface area contributed by atoms with Gasteiger partial charge in [0.25, 0.3) is 0 Å². The molecule has 19 heavy (non-hydrogen) atoms. The van der Waals surface area contributed by atoms with Gasteiger partial charge in [-0.05, 0) is 58.1 Å². The van der Waals surface area contributed by atoms with Crippen LogP contribution in [-0.2, 0) is 6.42 Å². The largest absolute Gasteiger partial charge is 0.496 e. The van der Waals surface area contributed by atoms with Crippen molar-refractivity contribution in [1.29, 1.82) is 0 Å². The summed E-state index contributed by atoms with van der Waals surface area (Å²) in [7, 11) is 1.68. The third-order valence-corrected chi connectivity index (χ3v) is 3.51. The van der Waals surface area contributed by atoms with E-state index < -0.39 is 0 Å². The van der Waals surface area contributed by atoms with Crippen LogP contribution in [0.15, 0.2) is 41.1 Å². The molecule has 1 heterocycles. The lowest BCUT2D eigenvalue weighted by Crippen LogP contribution is -2.13. The molecule has 2 N–H and O–H groups in total. The summed E-state index contributed by atoms with van der Waals surface area (Å²) in [5.74, 6) is 0.875. The molecule has 4 heteroatoms. The summed E-state index contributed by atoms with van der Waals surface area (Å²) in [6, 6.07) is 8.07. The van der Waals surface area contributed by atoms with Crippen LogP contribution in [0.25, 0.3) is 0 Å². The molecule has 0 fully saturated rings. The summed E-state index contributed by atoms with van der Waals surface area (Å²) in [6.45, 7) is 2.02. The van der Waals surface area contributed by atoms with Gasteiger partial charge in [-0.25, -0.2) is 0 Å². The van der Waals surface area contributed by atoms with Gasteiger partial charge >= 0.3 is 0 Å². The number of benzene rings is 1. The number of nitrogens with zero attached hydrogens (tertiary/aromatic N) is 1. The minimum Gasteiger partial charge on any atom is -0.496 e. The molecule has 0 saturated carbocycles. The molecule has 1 unspecified atom stereocenters. The first-order valence-corrected chi connectivity index (χ1v) is 6.89. The Bertz CT molecular complexity index is 572. The number of aromatic nitrogens is 1. The second kappa shape index (κ2) is 6.17. The van der Waals surface area contributed by atoms with Crippen LogP contribution >= 0.6 is 15.9 Å². The Morgan fingerprint density at radius 1 is 1.32 bits per heavy atom. The molecule has 0 aliphatic carbocycles. The molecule has 0 spiro atoms. The van der Waals surface area contributed by atoms with E-state index in [1.54, 1.807) is 13.3 Å². The molecule has 0 aliphatic heterocycles. The molecule has 2 aromatic rings. The Labute approximate surface area is 121 Å². The normalized spacial score (nSPS) is 12.2. The number of halogens is 1. The molecule has 100 valence electrons. The van der Waals surface area contributed by atoms with Crippen LogP contribution in [0.2, 0.25) is 0 Å². The molecule has 0 bridgehead atoms. The third kappa shape index (κ3) is 3.55. The van der Waals surface area contributed by atoms with Crippen molar-refractivity contribution in [1.82, 2.24) is 4.98 Å².